The summed E-state index contributed by atoms with van der Waals surface area (Å²) >= 11 is 0.978. The fourth-order valence-electron chi connectivity index (χ4n) is 3.91. The van der Waals surface area contributed by atoms with Crippen molar-refractivity contribution in [1.82, 2.24) is 9.47 Å². The summed E-state index contributed by atoms with van der Waals surface area (Å²) in [6, 6.07) is 27.7. The first-order chi connectivity index (χ1) is 16.2. The third-order valence-electron chi connectivity index (χ3n) is 5.50. The maximum absolute atomic E-state index is 13.0. The first-order valence-corrected chi connectivity index (χ1v) is 11.6. The Balaban J connectivity index is 1.36. The van der Waals surface area contributed by atoms with Gasteiger partial charge in [0.25, 0.3) is 11.1 Å². The van der Waals surface area contributed by atoms with Crippen molar-refractivity contribution < 1.29 is 14.3 Å². The predicted molar refractivity (Wildman–Crippen MR) is 132 cm³/mol. The van der Waals surface area contributed by atoms with E-state index in [0.29, 0.717) is 10.7 Å². The van der Waals surface area contributed by atoms with Crippen LogP contribution in [0.3, 0.4) is 0 Å². The molecule has 1 aliphatic rings. The predicted octanol–water partition coefficient (Wildman–Crippen LogP) is 5.80. The lowest BCUT2D eigenvalue weighted by Gasteiger charge is -2.13. The van der Waals surface area contributed by atoms with Gasteiger partial charge in [-0.3, -0.25) is 14.5 Å². The molecule has 0 aliphatic carbocycles. The number of nitrogens with zero attached hydrogens (tertiary/aromatic N) is 2. The lowest BCUT2D eigenvalue weighted by Crippen LogP contribution is -2.32. The Morgan fingerprint density at radius 3 is 2.33 bits per heavy atom. The minimum Gasteiger partial charge on any atom is -0.492 e. The molecule has 1 aromatic heterocycles. The van der Waals surface area contributed by atoms with Crippen molar-refractivity contribution in [1.29, 1.82) is 0 Å². The van der Waals surface area contributed by atoms with Gasteiger partial charge in [0.15, 0.2) is 0 Å². The second-order valence-electron chi connectivity index (χ2n) is 7.71. The molecular weight excluding hydrogens is 432 g/mol. The highest BCUT2D eigenvalue weighted by atomic mass is 32.2. The van der Waals surface area contributed by atoms with Gasteiger partial charge in [-0.25, -0.2) is 0 Å². The summed E-state index contributed by atoms with van der Waals surface area (Å²) in [6.07, 6.45) is 3.87. The van der Waals surface area contributed by atoms with Crippen molar-refractivity contribution in [3.05, 3.63) is 107 Å². The number of fused-ring (bicyclic) bond motifs is 1. The smallest absolute Gasteiger partial charge is 0.293 e. The van der Waals surface area contributed by atoms with Crippen molar-refractivity contribution in [3.63, 3.8) is 0 Å². The Morgan fingerprint density at radius 2 is 1.55 bits per heavy atom. The topological polar surface area (TPSA) is 51.5 Å². The molecule has 0 unspecified atom stereocenters. The first kappa shape index (κ1) is 21.1. The summed E-state index contributed by atoms with van der Waals surface area (Å²) in [7, 11) is 0. The molecule has 1 fully saturated rings. The van der Waals surface area contributed by atoms with Crippen LogP contribution >= 0.6 is 11.8 Å². The minimum atomic E-state index is -0.276. The second kappa shape index (κ2) is 9.38. The molecule has 0 N–H and O–H groups in total. The van der Waals surface area contributed by atoms with E-state index in [0.717, 1.165) is 34.8 Å². The van der Waals surface area contributed by atoms with Crippen LogP contribution < -0.4 is 4.74 Å². The largest absolute Gasteiger partial charge is 0.492 e. The molecule has 164 valence electrons. The first-order valence-electron chi connectivity index (χ1n) is 10.7. The number of thioether (sulfide) groups is 1. The number of para-hydroxylation sites is 2. The van der Waals surface area contributed by atoms with Gasteiger partial charge in [0.1, 0.15) is 12.4 Å². The molecule has 3 aromatic carbocycles. The van der Waals surface area contributed by atoms with Crippen molar-refractivity contribution in [2.24, 2.45) is 0 Å². The van der Waals surface area contributed by atoms with Crippen LogP contribution in [-0.4, -0.2) is 33.8 Å². The van der Waals surface area contributed by atoms with E-state index in [1.54, 1.807) is 0 Å². The van der Waals surface area contributed by atoms with Gasteiger partial charge in [0.2, 0.25) is 0 Å². The van der Waals surface area contributed by atoms with E-state index in [1.807, 2.05) is 79.0 Å². The van der Waals surface area contributed by atoms with E-state index in [2.05, 4.69) is 22.8 Å². The van der Waals surface area contributed by atoms with Crippen LogP contribution in [0, 0.1) is 0 Å². The van der Waals surface area contributed by atoms with E-state index in [-0.39, 0.29) is 24.3 Å². The molecule has 5 nitrogen and oxygen atoms in total. The minimum absolute atomic E-state index is 0.215. The number of amides is 2. The number of carbonyl (C=O) groups is 2. The number of rotatable bonds is 7. The number of hydrogen-bond acceptors (Lipinski definition) is 4. The Labute approximate surface area is 196 Å². The Morgan fingerprint density at radius 1 is 0.848 bits per heavy atom. The zero-order chi connectivity index (χ0) is 22.6. The van der Waals surface area contributed by atoms with Crippen LogP contribution in [0.5, 0.6) is 5.75 Å². The average Bonchev–Trinajstić information content (AvgIpc) is 3.32. The van der Waals surface area contributed by atoms with Gasteiger partial charge in [-0.15, -0.1) is 0 Å². The maximum Gasteiger partial charge on any atom is 0.293 e. The lowest BCUT2D eigenvalue weighted by atomic mass is 10.1. The summed E-state index contributed by atoms with van der Waals surface area (Å²) in [4.78, 5) is 27.1. The Bertz CT molecular complexity index is 1330. The molecule has 2 heterocycles. The number of hydrogen-bond donors (Lipinski definition) is 0. The fourth-order valence-corrected chi connectivity index (χ4v) is 4.76. The van der Waals surface area contributed by atoms with E-state index >= 15 is 0 Å². The van der Waals surface area contributed by atoms with Crippen LogP contribution in [0.15, 0.2) is 96.0 Å². The van der Waals surface area contributed by atoms with Gasteiger partial charge < -0.3 is 9.30 Å². The summed E-state index contributed by atoms with van der Waals surface area (Å²) < 4.78 is 7.83. The van der Waals surface area contributed by atoms with Crippen molar-refractivity contribution >= 4 is 39.9 Å². The number of benzene rings is 3. The molecule has 0 saturated carbocycles. The standard InChI is InChI=1S/C27H22N2O3S/c30-26-25(33-27(31)29(26)15-16-32-22-11-5-2-6-12-22)17-21-19-28(18-20-9-3-1-4-10-20)24-14-8-7-13-23(21)24/h1-14,17,19H,15-16,18H2/b25-17-. The normalized spacial score (nSPS) is 15.0. The molecule has 6 heteroatoms. The highest BCUT2D eigenvalue weighted by Crippen LogP contribution is 2.34. The van der Waals surface area contributed by atoms with Crippen LogP contribution in [0.1, 0.15) is 11.1 Å². The molecule has 0 spiro atoms. The second-order valence-corrected chi connectivity index (χ2v) is 8.70. The molecule has 1 saturated heterocycles. The fraction of sp³-hybridized carbons (Fsp3) is 0.111. The van der Waals surface area contributed by atoms with Crippen LogP contribution in [0.25, 0.3) is 17.0 Å². The van der Waals surface area contributed by atoms with Gasteiger partial charge in [0.05, 0.1) is 11.4 Å². The Kier molecular flexibility index (Phi) is 6.00. The molecule has 0 radical (unpaired) electrons. The van der Waals surface area contributed by atoms with E-state index in [9.17, 15) is 9.59 Å². The zero-order valence-corrected chi connectivity index (χ0v) is 18.7. The van der Waals surface area contributed by atoms with Crippen molar-refractivity contribution in [2.75, 3.05) is 13.2 Å². The summed E-state index contributed by atoms with van der Waals surface area (Å²) in [5.74, 6) is 0.438. The molecule has 2 amide bonds. The van der Waals surface area contributed by atoms with E-state index in [4.69, 9.17) is 4.74 Å². The molecule has 5 rings (SSSR count). The molecule has 1 aliphatic heterocycles. The quantitative estimate of drug-likeness (QED) is 0.331. The molecule has 0 atom stereocenters. The molecule has 4 aromatic rings. The SMILES string of the molecule is O=C1S/C(=C\c2cn(Cc3ccccc3)c3ccccc23)C(=O)N1CCOc1ccccc1. The van der Waals surface area contributed by atoms with Crippen molar-refractivity contribution in [2.45, 2.75) is 6.54 Å². The maximum atomic E-state index is 13.0. The Hall–Kier alpha value is -3.77. The summed E-state index contributed by atoms with van der Waals surface area (Å²) in [5.41, 5.74) is 3.21. The molecular formula is C27H22N2O3S. The molecule has 33 heavy (non-hydrogen) atoms. The van der Waals surface area contributed by atoms with E-state index < -0.39 is 0 Å². The number of imide groups is 1. The monoisotopic (exact) mass is 454 g/mol. The average molecular weight is 455 g/mol. The lowest BCUT2D eigenvalue weighted by molar-refractivity contribution is -0.123. The van der Waals surface area contributed by atoms with Gasteiger partial charge in [-0.1, -0.05) is 66.7 Å². The van der Waals surface area contributed by atoms with Crippen LogP contribution in [0.4, 0.5) is 4.79 Å². The summed E-state index contributed by atoms with van der Waals surface area (Å²) in [6.45, 7) is 1.20. The van der Waals surface area contributed by atoms with Crippen LogP contribution in [0.2, 0.25) is 0 Å². The number of carbonyl (C=O) groups excluding carboxylic acids is 2. The van der Waals surface area contributed by atoms with Crippen LogP contribution in [-0.2, 0) is 11.3 Å². The van der Waals surface area contributed by atoms with E-state index in [1.165, 1.54) is 10.5 Å². The highest BCUT2D eigenvalue weighted by molar-refractivity contribution is 8.18. The third-order valence-corrected chi connectivity index (χ3v) is 6.41. The number of ether oxygens (including phenoxy) is 1. The van der Waals surface area contributed by atoms with Gasteiger partial charge in [-0.05, 0) is 41.6 Å². The highest BCUT2D eigenvalue weighted by Gasteiger charge is 2.35. The number of aromatic nitrogens is 1. The van der Waals surface area contributed by atoms with Gasteiger partial charge in [0, 0.05) is 29.2 Å². The van der Waals surface area contributed by atoms with Crippen molar-refractivity contribution in [3.8, 4) is 5.75 Å². The van der Waals surface area contributed by atoms with Gasteiger partial charge in [-0.2, -0.15) is 0 Å². The third kappa shape index (κ3) is 4.56. The summed E-state index contributed by atoms with van der Waals surface area (Å²) in [5, 5.41) is 0.781. The van der Waals surface area contributed by atoms with Gasteiger partial charge >= 0.3 is 0 Å². The zero-order valence-electron chi connectivity index (χ0n) is 17.9. The molecule has 0 bridgehead atoms.